The Labute approximate surface area is 205 Å². The molecular formula is C29H30O6. The van der Waals surface area contributed by atoms with Crippen LogP contribution >= 0.6 is 0 Å². The van der Waals surface area contributed by atoms with E-state index in [1.54, 1.807) is 6.08 Å². The number of hydrogen-bond acceptors (Lipinski definition) is 4. The first-order chi connectivity index (χ1) is 16.9. The van der Waals surface area contributed by atoms with Crippen molar-refractivity contribution in [2.24, 2.45) is 0 Å². The summed E-state index contributed by atoms with van der Waals surface area (Å²) in [5, 5.41) is 16.8. The second kappa shape index (κ2) is 14.8. The third-order valence-corrected chi connectivity index (χ3v) is 4.73. The molecule has 0 aliphatic rings. The molecule has 0 bridgehead atoms. The van der Waals surface area contributed by atoms with Crippen molar-refractivity contribution in [2.45, 2.75) is 33.0 Å². The Bertz CT molecular complexity index is 1100. The van der Waals surface area contributed by atoms with E-state index >= 15 is 0 Å². The second-order valence-corrected chi connectivity index (χ2v) is 7.61. The van der Waals surface area contributed by atoms with Gasteiger partial charge in [-0.3, -0.25) is 0 Å². The number of hydrogen-bond donors (Lipinski definition) is 2. The number of ether oxygens (including phenoxy) is 2. The highest BCUT2D eigenvalue weighted by Gasteiger charge is 2.00. The molecule has 0 aliphatic carbocycles. The van der Waals surface area contributed by atoms with E-state index in [4.69, 9.17) is 19.7 Å². The monoisotopic (exact) mass is 474 g/mol. The first-order valence-electron chi connectivity index (χ1n) is 11.2. The molecule has 2 N–H and O–H groups in total. The summed E-state index contributed by atoms with van der Waals surface area (Å²) < 4.78 is 11.5. The van der Waals surface area contributed by atoms with Crippen molar-refractivity contribution in [2.75, 3.05) is 0 Å². The molecule has 3 aromatic carbocycles. The number of benzene rings is 3. The van der Waals surface area contributed by atoms with Crippen LogP contribution in [0.4, 0.5) is 0 Å². The molecule has 3 rings (SSSR count). The molecule has 0 aliphatic heterocycles. The van der Waals surface area contributed by atoms with Gasteiger partial charge in [0, 0.05) is 11.6 Å². The highest BCUT2D eigenvalue weighted by Crippen LogP contribution is 2.18. The molecular weight excluding hydrogens is 444 g/mol. The van der Waals surface area contributed by atoms with Crippen molar-refractivity contribution in [1.82, 2.24) is 0 Å². The Balaban J connectivity index is 0.000000466. The van der Waals surface area contributed by atoms with Crippen LogP contribution in [0.15, 0.2) is 97.1 Å². The van der Waals surface area contributed by atoms with Crippen molar-refractivity contribution in [1.29, 1.82) is 0 Å². The lowest BCUT2D eigenvalue weighted by atomic mass is 10.2. The van der Waals surface area contributed by atoms with Crippen molar-refractivity contribution >= 4 is 18.0 Å². The molecule has 6 nitrogen and oxygen atoms in total. The molecule has 182 valence electrons. The zero-order valence-corrected chi connectivity index (χ0v) is 19.7. The number of carboxylic acid groups (broad SMARTS) is 2. The summed E-state index contributed by atoms with van der Waals surface area (Å²) in [6.07, 6.45) is 4.10. The van der Waals surface area contributed by atoms with E-state index in [0.29, 0.717) is 25.2 Å². The fraction of sp³-hybridized carbons (Fsp3) is 0.172. The summed E-state index contributed by atoms with van der Waals surface area (Å²) in [7, 11) is 0. The minimum atomic E-state index is -0.966. The van der Waals surface area contributed by atoms with E-state index in [9.17, 15) is 9.59 Å². The summed E-state index contributed by atoms with van der Waals surface area (Å²) in [5.41, 5.74) is 3.28. The molecule has 0 amide bonds. The molecule has 0 aromatic heterocycles. The molecule has 35 heavy (non-hydrogen) atoms. The minimum absolute atomic E-state index is 0.299. The number of aliphatic carboxylic acids is 2. The molecule has 0 radical (unpaired) electrons. The van der Waals surface area contributed by atoms with Gasteiger partial charge in [-0.05, 0) is 53.5 Å². The van der Waals surface area contributed by atoms with Crippen LogP contribution < -0.4 is 9.47 Å². The molecule has 0 heterocycles. The van der Waals surface area contributed by atoms with Crippen LogP contribution in [0.5, 0.6) is 11.5 Å². The molecule has 0 spiro atoms. The topological polar surface area (TPSA) is 93.1 Å². The van der Waals surface area contributed by atoms with Crippen molar-refractivity contribution < 1.29 is 29.3 Å². The zero-order valence-electron chi connectivity index (χ0n) is 19.7. The summed E-state index contributed by atoms with van der Waals surface area (Å²) in [6, 6.07) is 25.1. The number of rotatable bonds is 11. The summed E-state index contributed by atoms with van der Waals surface area (Å²) in [5.74, 6) is -0.303. The van der Waals surface area contributed by atoms with Crippen LogP contribution in [0.3, 0.4) is 0 Å². The van der Waals surface area contributed by atoms with Gasteiger partial charge in [0.2, 0.25) is 0 Å². The maximum atomic E-state index is 10.5. The van der Waals surface area contributed by atoms with E-state index in [1.807, 2.05) is 85.8 Å². The van der Waals surface area contributed by atoms with Gasteiger partial charge >= 0.3 is 11.9 Å². The zero-order chi connectivity index (χ0) is 25.5. The molecule has 0 saturated carbocycles. The Morgan fingerprint density at radius 1 is 0.800 bits per heavy atom. The maximum absolute atomic E-state index is 10.5. The summed E-state index contributed by atoms with van der Waals surface area (Å²) in [6.45, 7) is 6.26. The highest BCUT2D eigenvalue weighted by molar-refractivity contribution is 5.85. The largest absolute Gasteiger partial charge is 0.489 e. The van der Waals surface area contributed by atoms with Gasteiger partial charge in [0.05, 0.1) is 0 Å². The van der Waals surface area contributed by atoms with E-state index < -0.39 is 11.9 Å². The molecule has 3 aromatic rings. The average molecular weight is 475 g/mol. The predicted octanol–water partition coefficient (Wildman–Crippen LogP) is 6.37. The Morgan fingerprint density at radius 3 is 1.77 bits per heavy atom. The number of carbonyl (C=O) groups is 2. The second-order valence-electron chi connectivity index (χ2n) is 7.61. The fourth-order valence-corrected chi connectivity index (χ4v) is 2.84. The first-order valence-corrected chi connectivity index (χ1v) is 11.2. The van der Waals surface area contributed by atoms with Crippen molar-refractivity contribution in [3.63, 3.8) is 0 Å². The SMILES string of the molecule is C=C(CCC)C(=O)O.O=C(O)C=Cc1ccc(OCc2ccc(OCc3ccccc3)cc2)cc1. The maximum Gasteiger partial charge on any atom is 0.330 e. The first kappa shape index (κ1) is 26.9. The van der Waals surface area contributed by atoms with Gasteiger partial charge in [-0.1, -0.05) is 74.5 Å². The van der Waals surface area contributed by atoms with Gasteiger partial charge in [0.15, 0.2) is 0 Å². The Kier molecular flexibility index (Phi) is 11.4. The number of carboxylic acids is 2. The Hall–Kier alpha value is -4.32. The van der Waals surface area contributed by atoms with Gasteiger partial charge in [0.1, 0.15) is 24.7 Å². The van der Waals surface area contributed by atoms with Crippen LogP contribution in [0, 0.1) is 0 Å². The molecule has 0 unspecified atom stereocenters. The van der Waals surface area contributed by atoms with Gasteiger partial charge in [-0.25, -0.2) is 9.59 Å². The lowest BCUT2D eigenvalue weighted by Gasteiger charge is -2.09. The van der Waals surface area contributed by atoms with Crippen LogP contribution in [-0.2, 0) is 22.8 Å². The third-order valence-electron chi connectivity index (χ3n) is 4.73. The van der Waals surface area contributed by atoms with E-state index in [2.05, 4.69) is 6.58 Å². The van der Waals surface area contributed by atoms with Crippen LogP contribution in [0.25, 0.3) is 6.08 Å². The van der Waals surface area contributed by atoms with Crippen LogP contribution in [-0.4, -0.2) is 22.2 Å². The molecule has 0 saturated heterocycles. The van der Waals surface area contributed by atoms with E-state index in [1.165, 1.54) is 0 Å². The molecule has 6 heteroatoms. The van der Waals surface area contributed by atoms with Gasteiger partial charge in [-0.2, -0.15) is 0 Å². The highest BCUT2D eigenvalue weighted by atomic mass is 16.5. The summed E-state index contributed by atoms with van der Waals surface area (Å²) >= 11 is 0. The lowest BCUT2D eigenvalue weighted by molar-refractivity contribution is -0.133. The minimum Gasteiger partial charge on any atom is -0.489 e. The normalized spacial score (nSPS) is 10.2. The standard InChI is InChI=1S/C23H20O4.C6H10O2/c24-23(25)15-10-18-6-11-21(12-7-18)27-17-20-8-13-22(14-9-20)26-16-19-4-2-1-3-5-19;1-3-4-5(2)6(7)8/h1-15H,16-17H2,(H,24,25);2-4H2,1H3,(H,7,8). The fourth-order valence-electron chi connectivity index (χ4n) is 2.84. The third kappa shape index (κ3) is 10.9. The van der Waals surface area contributed by atoms with E-state index in [0.717, 1.165) is 40.7 Å². The van der Waals surface area contributed by atoms with Gasteiger partial charge in [-0.15, -0.1) is 0 Å². The average Bonchev–Trinajstić information content (AvgIpc) is 2.87. The smallest absolute Gasteiger partial charge is 0.330 e. The van der Waals surface area contributed by atoms with Gasteiger partial charge in [0.25, 0.3) is 0 Å². The quantitative estimate of drug-likeness (QED) is 0.314. The molecule has 0 fully saturated rings. The van der Waals surface area contributed by atoms with Crippen molar-refractivity contribution in [3.05, 3.63) is 114 Å². The van der Waals surface area contributed by atoms with Crippen LogP contribution in [0.2, 0.25) is 0 Å². The predicted molar refractivity (Wildman–Crippen MR) is 136 cm³/mol. The van der Waals surface area contributed by atoms with Gasteiger partial charge < -0.3 is 19.7 Å². The van der Waals surface area contributed by atoms with Crippen molar-refractivity contribution in [3.8, 4) is 11.5 Å². The van der Waals surface area contributed by atoms with Crippen LogP contribution in [0.1, 0.15) is 36.5 Å². The molecule has 0 atom stereocenters. The summed E-state index contributed by atoms with van der Waals surface area (Å²) in [4.78, 5) is 20.5. The van der Waals surface area contributed by atoms with E-state index in [-0.39, 0.29) is 0 Å². The Morgan fingerprint density at radius 2 is 1.31 bits per heavy atom. The lowest BCUT2D eigenvalue weighted by Crippen LogP contribution is -1.97.